The van der Waals surface area contributed by atoms with Crippen LogP contribution in [-0.4, -0.2) is 28.1 Å². The molecule has 0 aliphatic carbocycles. The number of benzene rings is 1. The predicted octanol–water partition coefficient (Wildman–Crippen LogP) is 0.0850. The number of hydrogen-bond acceptors (Lipinski definition) is 4. The van der Waals surface area contributed by atoms with E-state index in [0.717, 1.165) is 31.1 Å². The van der Waals surface area contributed by atoms with Gasteiger partial charge in [-0.25, -0.2) is 0 Å². The average Bonchev–Trinajstić information content (AvgIpc) is 2.91. The highest BCUT2D eigenvalue weighted by molar-refractivity contribution is 5.53. The molecule has 108 valence electrons. The zero-order chi connectivity index (χ0) is 13.1. The first-order valence-electron chi connectivity index (χ1n) is 6.91. The Balaban J connectivity index is 0.00000110. The fourth-order valence-electron chi connectivity index (χ4n) is 2.44. The Morgan fingerprint density at radius 2 is 1.95 bits per heavy atom. The first-order valence-corrected chi connectivity index (χ1v) is 6.91. The van der Waals surface area contributed by atoms with Crippen molar-refractivity contribution < 1.29 is 18.4 Å². The van der Waals surface area contributed by atoms with Crippen LogP contribution in [0.15, 0.2) is 34.9 Å². The molecule has 0 unspecified atom stereocenters. The highest BCUT2D eigenvalue weighted by Gasteiger charge is 2.18. The molecule has 0 atom stereocenters. The highest BCUT2D eigenvalue weighted by atomic mass is 35.5. The van der Waals surface area contributed by atoms with Crippen molar-refractivity contribution in [3.8, 4) is 11.4 Å². The van der Waals surface area contributed by atoms with Crippen molar-refractivity contribution in [1.82, 2.24) is 15.0 Å². The topological polar surface area (TPSA) is 42.2 Å². The second kappa shape index (κ2) is 6.86. The summed E-state index contributed by atoms with van der Waals surface area (Å²) in [5.41, 5.74) is 1.00. The lowest BCUT2D eigenvalue weighted by Gasteiger charge is -2.28. The van der Waals surface area contributed by atoms with Gasteiger partial charge in [0.05, 0.1) is 6.54 Å². The van der Waals surface area contributed by atoms with Crippen molar-refractivity contribution in [2.45, 2.75) is 26.3 Å². The van der Waals surface area contributed by atoms with E-state index in [1.165, 1.54) is 12.8 Å². The Kier molecular flexibility index (Phi) is 5.15. The molecular formula is C15H20ClN3O. The highest BCUT2D eigenvalue weighted by Crippen LogP contribution is 2.19. The molecule has 4 nitrogen and oxygen atoms in total. The number of piperidine rings is 1. The Labute approximate surface area is 127 Å². The van der Waals surface area contributed by atoms with Crippen molar-refractivity contribution in [2.24, 2.45) is 5.92 Å². The van der Waals surface area contributed by atoms with Gasteiger partial charge in [-0.1, -0.05) is 42.4 Å². The average molecular weight is 294 g/mol. The van der Waals surface area contributed by atoms with Gasteiger partial charge in [-0.3, -0.25) is 4.90 Å². The van der Waals surface area contributed by atoms with Crippen molar-refractivity contribution >= 4 is 0 Å². The number of likely N-dealkylation sites (tertiary alicyclic amines) is 1. The summed E-state index contributed by atoms with van der Waals surface area (Å²) in [5, 5.41) is 4.05. The first kappa shape index (κ1) is 15.0. The second-order valence-corrected chi connectivity index (χ2v) is 5.34. The minimum absolute atomic E-state index is 0. The number of aromatic nitrogens is 2. The van der Waals surface area contributed by atoms with Gasteiger partial charge in [-0.2, -0.15) is 4.98 Å². The third kappa shape index (κ3) is 3.58. The van der Waals surface area contributed by atoms with E-state index in [0.29, 0.717) is 11.7 Å². The van der Waals surface area contributed by atoms with E-state index in [1.54, 1.807) is 0 Å². The lowest BCUT2D eigenvalue weighted by atomic mass is 9.99. The summed E-state index contributed by atoms with van der Waals surface area (Å²) in [6, 6.07) is 9.95. The van der Waals surface area contributed by atoms with Crippen LogP contribution in [0.2, 0.25) is 0 Å². The van der Waals surface area contributed by atoms with E-state index in [1.807, 2.05) is 30.3 Å². The van der Waals surface area contributed by atoms with Gasteiger partial charge in [0.15, 0.2) is 0 Å². The van der Waals surface area contributed by atoms with Crippen LogP contribution in [0.25, 0.3) is 11.4 Å². The molecule has 1 aromatic heterocycles. The summed E-state index contributed by atoms with van der Waals surface area (Å²) in [6.45, 7) is 5.35. The maximum Gasteiger partial charge on any atom is 1.00 e. The van der Waals surface area contributed by atoms with E-state index < -0.39 is 0 Å². The third-order valence-electron chi connectivity index (χ3n) is 3.74. The molecule has 0 radical (unpaired) electrons. The predicted molar refractivity (Wildman–Crippen MR) is 74.5 cm³/mol. The molecular weight excluding hydrogens is 274 g/mol. The fourth-order valence-corrected chi connectivity index (χ4v) is 2.44. The molecule has 2 heterocycles. The summed E-state index contributed by atoms with van der Waals surface area (Å²) in [5.74, 6) is 2.24. The van der Waals surface area contributed by atoms with Crippen LogP contribution < -0.4 is 12.4 Å². The summed E-state index contributed by atoms with van der Waals surface area (Å²) in [7, 11) is 0. The van der Waals surface area contributed by atoms with Crippen LogP contribution in [0, 0.1) is 5.92 Å². The quantitative estimate of drug-likeness (QED) is 0.804. The van der Waals surface area contributed by atoms with Crippen molar-refractivity contribution in [3.63, 3.8) is 0 Å². The fraction of sp³-hybridized carbons (Fsp3) is 0.467. The number of nitrogens with zero attached hydrogens (tertiary/aromatic N) is 3. The van der Waals surface area contributed by atoms with Crippen LogP contribution in [0.3, 0.4) is 0 Å². The zero-order valence-electron chi connectivity index (χ0n) is 12.6. The Morgan fingerprint density at radius 1 is 1.25 bits per heavy atom. The van der Waals surface area contributed by atoms with Gasteiger partial charge in [0.1, 0.15) is 0 Å². The monoisotopic (exact) mass is 293 g/mol. The lowest BCUT2D eigenvalue weighted by Crippen LogP contribution is -3.00. The molecule has 0 N–H and O–H groups in total. The minimum atomic E-state index is 0. The largest absolute Gasteiger partial charge is 1.00 e. The van der Waals surface area contributed by atoms with Gasteiger partial charge in [0, 0.05) is 5.56 Å². The smallest absolute Gasteiger partial charge is 1.00 e. The van der Waals surface area contributed by atoms with Gasteiger partial charge in [-0.05, 0) is 31.8 Å². The van der Waals surface area contributed by atoms with Crippen LogP contribution in [-0.2, 0) is 6.54 Å². The molecule has 1 saturated heterocycles. The number of rotatable bonds is 3. The van der Waals surface area contributed by atoms with E-state index in [2.05, 4.69) is 22.0 Å². The summed E-state index contributed by atoms with van der Waals surface area (Å²) >= 11 is 0. The molecule has 0 saturated carbocycles. The van der Waals surface area contributed by atoms with Gasteiger partial charge in [0.25, 0.3) is 0 Å². The Morgan fingerprint density at radius 3 is 2.65 bits per heavy atom. The Hall–Kier alpha value is -1.39. The molecule has 1 aromatic carbocycles. The molecule has 20 heavy (non-hydrogen) atoms. The molecule has 1 aliphatic rings. The standard InChI is InChI=1S/C15H19N3O.ClH/c1-12-7-9-18(10-8-12)11-14-16-15(17-19-14)13-5-3-2-4-6-13;/h2-6,12H,7-11H2,1H3;1H. The SMILES string of the molecule is CC1CCN(Cc2nc(-c3ccccc3)no2)CC1.[Cl-].[H+]. The Bertz CT molecular complexity index is 527. The molecule has 3 rings (SSSR count). The van der Waals surface area contributed by atoms with Gasteiger partial charge >= 0.3 is 1.43 Å². The van der Waals surface area contributed by atoms with Crippen LogP contribution in [0.1, 0.15) is 27.1 Å². The first-order chi connectivity index (χ1) is 9.31. The maximum absolute atomic E-state index is 5.35. The summed E-state index contributed by atoms with van der Waals surface area (Å²) in [4.78, 5) is 6.87. The van der Waals surface area contributed by atoms with E-state index in [9.17, 15) is 0 Å². The van der Waals surface area contributed by atoms with E-state index >= 15 is 0 Å². The van der Waals surface area contributed by atoms with Gasteiger partial charge < -0.3 is 16.9 Å². The van der Waals surface area contributed by atoms with Crippen molar-refractivity contribution in [3.05, 3.63) is 36.2 Å². The normalized spacial score (nSPS) is 16.9. The summed E-state index contributed by atoms with van der Waals surface area (Å²) < 4.78 is 5.35. The third-order valence-corrected chi connectivity index (χ3v) is 3.74. The van der Waals surface area contributed by atoms with Crippen molar-refractivity contribution in [2.75, 3.05) is 13.1 Å². The molecule has 5 heteroatoms. The molecule has 0 spiro atoms. The number of halogens is 1. The van der Waals surface area contributed by atoms with Crippen LogP contribution >= 0.6 is 0 Å². The molecule has 0 amide bonds. The van der Waals surface area contributed by atoms with E-state index in [-0.39, 0.29) is 13.8 Å². The lowest BCUT2D eigenvalue weighted by molar-refractivity contribution is -0.00000463. The maximum atomic E-state index is 5.35. The van der Waals surface area contributed by atoms with Crippen LogP contribution in [0.4, 0.5) is 0 Å². The van der Waals surface area contributed by atoms with Crippen LogP contribution in [0.5, 0.6) is 0 Å². The van der Waals surface area contributed by atoms with E-state index in [4.69, 9.17) is 4.52 Å². The molecule has 2 aromatic rings. The minimum Gasteiger partial charge on any atom is -1.00 e. The van der Waals surface area contributed by atoms with Gasteiger partial charge in [0.2, 0.25) is 11.7 Å². The second-order valence-electron chi connectivity index (χ2n) is 5.34. The van der Waals surface area contributed by atoms with Gasteiger partial charge in [-0.15, -0.1) is 0 Å². The summed E-state index contributed by atoms with van der Waals surface area (Å²) in [6.07, 6.45) is 2.53. The zero-order valence-corrected chi connectivity index (χ0v) is 12.4. The molecule has 1 fully saturated rings. The number of hydrogen-bond donors (Lipinski definition) is 0. The van der Waals surface area contributed by atoms with Crippen molar-refractivity contribution in [1.29, 1.82) is 0 Å². The molecule has 1 aliphatic heterocycles. The molecule has 0 bridgehead atoms.